The van der Waals surface area contributed by atoms with Crippen molar-refractivity contribution < 1.29 is 122 Å². The van der Waals surface area contributed by atoms with Crippen LogP contribution in [0, 0.1) is 45.4 Å². The molecule has 0 N–H and O–H groups in total. The van der Waals surface area contributed by atoms with Gasteiger partial charge in [-0.25, -0.2) is 0 Å². The van der Waals surface area contributed by atoms with Gasteiger partial charge in [-0.3, -0.25) is 0 Å². The number of nitrogens with zero attached hydrogens (tertiary/aromatic N) is 2. The molecule has 0 saturated carbocycles. The number of benzene rings is 8. The molecule has 0 spiro atoms. The molecule has 0 radical (unpaired) electrons. The van der Waals surface area contributed by atoms with E-state index in [9.17, 15) is 105 Å². The van der Waals surface area contributed by atoms with E-state index < -0.39 is 211 Å². The van der Waals surface area contributed by atoms with Gasteiger partial charge in [-0.05, 0) is 72.8 Å². The van der Waals surface area contributed by atoms with Gasteiger partial charge in [0, 0.05) is 10.8 Å². The molecular weight excluding hydrogens is 1430 g/mol. The Bertz CT molecular complexity index is 3460. The molecular formula is C68H53BF24FeN2P2+2. The molecule has 0 fully saturated rings. The van der Waals surface area contributed by atoms with E-state index in [0.29, 0.717) is 0 Å². The van der Waals surface area contributed by atoms with Gasteiger partial charge in [-0.2, -0.15) is 155 Å². The van der Waals surface area contributed by atoms with Gasteiger partial charge in [0.2, 0.25) is 0 Å². The van der Waals surface area contributed by atoms with E-state index in [1.54, 1.807) is 0 Å². The van der Waals surface area contributed by atoms with E-state index in [1.807, 2.05) is 0 Å². The quantitative estimate of drug-likeness (QED) is 0.0426. The summed E-state index contributed by atoms with van der Waals surface area (Å²) in [5.74, 6) is 0. The Morgan fingerprint density at radius 3 is 0.561 bits per heavy atom. The first-order valence-corrected chi connectivity index (χ1v) is 31.8. The second-order valence-corrected chi connectivity index (χ2v) is 27.5. The SMILES string of the molecule is Cc1c(C)c(C)[c-](C)c1C.FC(F)(F)c1cc([B-](c2cc(C(F)(F)F)cc(C(F)(F)F)c2)(c2cc(C(F)(F)F)cc(C(F)(F)F)c2)c2cc(C(F)(F)F)cc(C(F)(F)F)c2)cc(C(F)(F)F)c1.N#N.[Fe+2].c1ccc([PH+](CC[PH+](c2ccccc2)c2ccccc2)c2ccccc2)cc1. The second kappa shape index (κ2) is 31.2. The average molecular weight is 1480 g/mol. The molecule has 0 aliphatic carbocycles. The molecule has 0 heterocycles. The number of halogens is 24. The molecule has 0 unspecified atom stereocenters. The number of hydrogen-bond acceptors (Lipinski definition) is 2. The van der Waals surface area contributed by atoms with Crippen molar-refractivity contribution in [3.05, 3.63) is 266 Å². The zero-order chi connectivity index (χ0) is 72.8. The molecule has 0 saturated heterocycles. The molecule has 0 amide bonds. The molecule has 30 heteroatoms. The van der Waals surface area contributed by atoms with Gasteiger partial charge in [0.25, 0.3) is 0 Å². The van der Waals surface area contributed by atoms with E-state index in [0.717, 1.165) is 0 Å². The molecule has 0 aliphatic rings. The standard InChI is InChI=1S/C32H12BF24.C26H24P2.C10H15.Fe.N2/c34-25(35,36)13-1-14(26(37,38)39)6-21(5-13)33(22-7-15(27(40,41)42)2-16(8-22)28(43,44)45,23-9-17(29(46,47)48)3-18(10-23)30(49,50)51)24-11-19(31(52,53)54)4-20(12-24)32(55,56)57;1-5-13-23(14-6-1)27(24-15-7-2-8-16-24)21-22-28(25-17-9-3-10-18-25)26-19-11-4-12-20-26;1-6-7(2)9(4)10(5)8(6)3;;1-2/h1-12H;1-20H,21-22H2;1-5H3;;/q-1;;-1;+2;/p+2. The molecule has 98 heavy (non-hydrogen) atoms. The fraction of sp³-hybridized carbons (Fsp3) is 0.221. The van der Waals surface area contributed by atoms with Crippen LogP contribution in [0.1, 0.15) is 72.3 Å². The van der Waals surface area contributed by atoms with Gasteiger partial charge in [-0.1, -0.05) is 156 Å². The third-order valence-electron chi connectivity index (χ3n) is 16.4. The Balaban J connectivity index is 0.000000345. The first-order chi connectivity index (χ1) is 44.7. The molecule has 0 aromatic heterocycles. The van der Waals surface area contributed by atoms with Crippen molar-refractivity contribution in [2.75, 3.05) is 12.3 Å². The number of alkyl halides is 24. The van der Waals surface area contributed by atoms with Crippen molar-refractivity contribution >= 4 is 65.1 Å². The van der Waals surface area contributed by atoms with Crippen LogP contribution in [0.25, 0.3) is 0 Å². The van der Waals surface area contributed by atoms with Gasteiger partial charge in [0.1, 0.15) is 18.5 Å². The van der Waals surface area contributed by atoms with E-state index in [1.165, 1.54) is 61.4 Å². The number of hydrogen-bond donors (Lipinski definition) is 0. The van der Waals surface area contributed by atoms with Crippen molar-refractivity contribution in [2.45, 2.75) is 84.0 Å². The van der Waals surface area contributed by atoms with Gasteiger partial charge >= 0.3 is 66.5 Å². The van der Waals surface area contributed by atoms with Crippen molar-refractivity contribution in [3.63, 3.8) is 0 Å². The van der Waals surface area contributed by atoms with Crippen LogP contribution in [-0.4, -0.2) is 18.5 Å². The van der Waals surface area contributed by atoms with E-state index in [-0.39, 0.29) is 17.1 Å². The fourth-order valence-electron chi connectivity index (χ4n) is 11.2. The number of rotatable bonds is 11. The smallest absolute Gasteiger partial charge is 0.196 e. The fourth-order valence-corrected chi connectivity index (χ4v) is 17.4. The maximum Gasteiger partial charge on any atom is 2.00 e. The zero-order valence-electron chi connectivity index (χ0n) is 51.3. The Morgan fingerprint density at radius 2 is 0.439 bits per heavy atom. The van der Waals surface area contributed by atoms with Crippen molar-refractivity contribution in [1.29, 1.82) is 10.8 Å². The predicted molar refractivity (Wildman–Crippen MR) is 330 cm³/mol. The van der Waals surface area contributed by atoms with Crippen LogP contribution in [0.4, 0.5) is 105 Å². The van der Waals surface area contributed by atoms with E-state index >= 15 is 0 Å². The molecule has 522 valence electrons. The zero-order valence-corrected chi connectivity index (χ0v) is 54.4. The molecule has 9 rings (SSSR count). The van der Waals surface area contributed by atoms with Crippen LogP contribution < -0.4 is 43.1 Å². The van der Waals surface area contributed by atoms with Crippen LogP contribution >= 0.6 is 15.8 Å². The summed E-state index contributed by atoms with van der Waals surface area (Å²) >= 11 is 0. The maximum atomic E-state index is 14.2. The monoisotopic (exact) mass is 1480 g/mol. The Labute approximate surface area is 558 Å². The predicted octanol–water partition coefficient (Wildman–Crippen LogP) is 18.9. The molecule has 9 aromatic rings. The van der Waals surface area contributed by atoms with Gasteiger partial charge in [0.15, 0.2) is 0 Å². The average Bonchev–Trinajstić information content (AvgIpc) is 0.801. The second-order valence-electron chi connectivity index (χ2n) is 22.3. The summed E-state index contributed by atoms with van der Waals surface area (Å²) in [6, 6.07) is 35.7. The Hall–Kier alpha value is -7.71. The summed E-state index contributed by atoms with van der Waals surface area (Å²) in [5, 5.41) is 18.1. The maximum absolute atomic E-state index is 14.2. The minimum Gasteiger partial charge on any atom is -0.196 e. The third-order valence-corrected chi connectivity index (χ3v) is 22.5. The van der Waals surface area contributed by atoms with Crippen molar-refractivity contribution in [3.8, 4) is 0 Å². The first kappa shape index (κ1) is 81.0. The molecule has 0 aliphatic heterocycles. The largest absolute Gasteiger partial charge is 2.00 e. The molecule has 0 bridgehead atoms. The summed E-state index contributed by atoms with van der Waals surface area (Å²) < 4.78 is 341. The Kier molecular flexibility index (Phi) is 25.8. The minimum atomic E-state index is -6.13. The van der Waals surface area contributed by atoms with Crippen LogP contribution in [-0.2, 0) is 66.5 Å². The molecule has 0 atom stereocenters. The van der Waals surface area contributed by atoms with Gasteiger partial charge < -0.3 is 0 Å². The van der Waals surface area contributed by atoms with Crippen LogP contribution in [0.3, 0.4) is 0 Å². The summed E-state index contributed by atoms with van der Waals surface area (Å²) in [4.78, 5) is 0. The van der Waals surface area contributed by atoms with Crippen LogP contribution in [0.2, 0.25) is 0 Å². The normalized spacial score (nSPS) is 12.6. The van der Waals surface area contributed by atoms with Crippen LogP contribution in [0.5, 0.6) is 0 Å². The molecule has 9 aromatic carbocycles. The van der Waals surface area contributed by atoms with Gasteiger partial charge in [-0.15, -0.1) is 0 Å². The topological polar surface area (TPSA) is 47.6 Å². The summed E-state index contributed by atoms with van der Waals surface area (Å²) in [5.41, 5.74) is -22.9. The minimum absolute atomic E-state index is 0. The van der Waals surface area contributed by atoms with Crippen molar-refractivity contribution in [2.24, 2.45) is 0 Å². The molecule has 2 nitrogen and oxygen atoms in total. The van der Waals surface area contributed by atoms with Gasteiger partial charge in [0.05, 0.1) is 81.6 Å². The summed E-state index contributed by atoms with van der Waals surface area (Å²) in [7, 11) is -1.57. The summed E-state index contributed by atoms with van der Waals surface area (Å²) in [6.07, 6.45) is -52.3. The summed E-state index contributed by atoms with van der Waals surface area (Å²) in [6.45, 7) is 11.0. The van der Waals surface area contributed by atoms with Crippen LogP contribution in [0.15, 0.2) is 194 Å². The van der Waals surface area contributed by atoms with Crippen molar-refractivity contribution in [1.82, 2.24) is 0 Å². The van der Waals surface area contributed by atoms with E-state index in [2.05, 4.69) is 156 Å². The van der Waals surface area contributed by atoms with E-state index in [4.69, 9.17) is 10.8 Å². The Morgan fingerprint density at radius 1 is 0.286 bits per heavy atom. The first-order valence-electron chi connectivity index (χ1n) is 28.4. The third kappa shape index (κ3) is 19.6.